The van der Waals surface area contributed by atoms with Crippen molar-refractivity contribution >= 4 is 5.78 Å². The highest BCUT2D eigenvalue weighted by Gasteiger charge is 2.03. The first kappa shape index (κ1) is 14.9. The van der Waals surface area contributed by atoms with Crippen molar-refractivity contribution < 1.29 is 9.53 Å². The molecule has 0 bridgehead atoms. The van der Waals surface area contributed by atoms with Gasteiger partial charge in [0.2, 0.25) is 0 Å². The fourth-order valence-electron chi connectivity index (χ4n) is 1.87. The van der Waals surface area contributed by atoms with Gasteiger partial charge in [0.1, 0.15) is 6.61 Å². The molecule has 0 atom stereocenters. The van der Waals surface area contributed by atoms with E-state index >= 15 is 0 Å². The maximum absolute atomic E-state index is 11.6. The molecule has 0 aliphatic rings. The van der Waals surface area contributed by atoms with Crippen LogP contribution < -0.4 is 0 Å². The SMILES string of the molecule is CCCCCCCOCC(=O)Cc1ccccc1. The number of unbranched alkanes of at least 4 members (excludes halogenated alkanes) is 4. The van der Waals surface area contributed by atoms with E-state index in [-0.39, 0.29) is 12.4 Å². The number of benzene rings is 1. The third-order valence-corrected chi connectivity index (χ3v) is 2.90. The zero-order valence-corrected chi connectivity index (χ0v) is 11.4. The Morgan fingerprint density at radius 1 is 1.06 bits per heavy atom. The van der Waals surface area contributed by atoms with E-state index in [0.717, 1.165) is 12.0 Å². The van der Waals surface area contributed by atoms with Crippen molar-refractivity contribution in [2.75, 3.05) is 13.2 Å². The van der Waals surface area contributed by atoms with Crippen LogP contribution in [-0.2, 0) is 16.0 Å². The summed E-state index contributed by atoms with van der Waals surface area (Å²) in [5, 5.41) is 0. The maximum atomic E-state index is 11.6. The summed E-state index contributed by atoms with van der Waals surface area (Å²) >= 11 is 0. The number of ether oxygens (including phenoxy) is 1. The topological polar surface area (TPSA) is 26.3 Å². The van der Waals surface area contributed by atoms with E-state index in [1.54, 1.807) is 0 Å². The van der Waals surface area contributed by atoms with E-state index in [9.17, 15) is 4.79 Å². The predicted molar refractivity (Wildman–Crippen MR) is 74.7 cm³/mol. The van der Waals surface area contributed by atoms with Crippen molar-refractivity contribution in [3.63, 3.8) is 0 Å². The molecular weight excluding hydrogens is 224 g/mol. The Kier molecular flexibility index (Phi) is 8.15. The van der Waals surface area contributed by atoms with Gasteiger partial charge in [-0.3, -0.25) is 4.79 Å². The van der Waals surface area contributed by atoms with Gasteiger partial charge in [0, 0.05) is 13.0 Å². The van der Waals surface area contributed by atoms with Gasteiger partial charge < -0.3 is 4.74 Å². The van der Waals surface area contributed by atoms with E-state index in [4.69, 9.17) is 4.74 Å². The standard InChI is InChI=1S/C16H24O2/c1-2-3-4-5-9-12-18-14-16(17)13-15-10-7-6-8-11-15/h6-8,10-11H,2-5,9,12-14H2,1H3. The normalized spacial score (nSPS) is 10.5. The molecule has 18 heavy (non-hydrogen) atoms. The Bertz CT molecular complexity index is 319. The first-order chi connectivity index (χ1) is 8.83. The highest BCUT2D eigenvalue weighted by Crippen LogP contribution is 2.03. The lowest BCUT2D eigenvalue weighted by molar-refractivity contribution is -0.122. The molecule has 0 N–H and O–H groups in total. The molecule has 0 unspecified atom stereocenters. The zero-order chi connectivity index (χ0) is 13.1. The summed E-state index contributed by atoms with van der Waals surface area (Å²) in [5.41, 5.74) is 1.06. The molecule has 1 aromatic rings. The molecule has 2 nitrogen and oxygen atoms in total. The Labute approximate surface area is 110 Å². The average Bonchev–Trinajstić information content (AvgIpc) is 2.39. The van der Waals surface area contributed by atoms with Crippen LogP contribution >= 0.6 is 0 Å². The monoisotopic (exact) mass is 248 g/mol. The minimum Gasteiger partial charge on any atom is -0.374 e. The average molecular weight is 248 g/mol. The lowest BCUT2D eigenvalue weighted by atomic mass is 10.1. The second-order valence-electron chi connectivity index (χ2n) is 4.67. The van der Waals surface area contributed by atoms with Gasteiger partial charge in [-0.25, -0.2) is 0 Å². The minimum absolute atomic E-state index is 0.162. The van der Waals surface area contributed by atoms with Gasteiger partial charge in [0.05, 0.1) is 0 Å². The third kappa shape index (κ3) is 7.23. The minimum atomic E-state index is 0.162. The van der Waals surface area contributed by atoms with Gasteiger partial charge in [-0.05, 0) is 12.0 Å². The first-order valence-corrected chi connectivity index (χ1v) is 6.96. The molecule has 0 heterocycles. The third-order valence-electron chi connectivity index (χ3n) is 2.90. The number of carbonyl (C=O) groups is 1. The zero-order valence-electron chi connectivity index (χ0n) is 11.4. The summed E-state index contributed by atoms with van der Waals surface area (Å²) in [6.45, 7) is 3.17. The van der Waals surface area contributed by atoms with Gasteiger partial charge in [0.25, 0.3) is 0 Å². The van der Waals surface area contributed by atoms with E-state index in [1.165, 1.54) is 25.7 Å². The van der Waals surface area contributed by atoms with E-state index < -0.39 is 0 Å². The summed E-state index contributed by atoms with van der Waals surface area (Å²) in [4.78, 5) is 11.6. The molecule has 0 radical (unpaired) electrons. The van der Waals surface area contributed by atoms with Crippen molar-refractivity contribution in [2.24, 2.45) is 0 Å². The van der Waals surface area contributed by atoms with Crippen LogP contribution in [0.15, 0.2) is 30.3 Å². The van der Waals surface area contributed by atoms with Gasteiger partial charge in [0.15, 0.2) is 5.78 Å². The highest BCUT2D eigenvalue weighted by atomic mass is 16.5. The molecule has 0 aromatic heterocycles. The van der Waals surface area contributed by atoms with Crippen LogP contribution in [0.25, 0.3) is 0 Å². The Morgan fingerprint density at radius 3 is 2.50 bits per heavy atom. The molecule has 0 saturated carbocycles. The molecule has 0 fully saturated rings. The molecule has 0 saturated heterocycles. The van der Waals surface area contributed by atoms with Gasteiger partial charge >= 0.3 is 0 Å². The molecule has 1 aromatic carbocycles. The fourth-order valence-corrected chi connectivity index (χ4v) is 1.87. The quantitative estimate of drug-likeness (QED) is 0.589. The smallest absolute Gasteiger partial charge is 0.162 e. The van der Waals surface area contributed by atoms with Crippen LogP contribution in [0.1, 0.15) is 44.6 Å². The maximum Gasteiger partial charge on any atom is 0.162 e. The second-order valence-corrected chi connectivity index (χ2v) is 4.67. The Morgan fingerprint density at radius 2 is 1.78 bits per heavy atom. The summed E-state index contributed by atoms with van der Waals surface area (Å²) < 4.78 is 5.40. The number of Topliss-reactive ketones (excluding diaryl/α,β-unsaturated/α-hetero) is 1. The predicted octanol–water partition coefficient (Wildman–Crippen LogP) is 3.79. The van der Waals surface area contributed by atoms with Crippen LogP contribution in [-0.4, -0.2) is 19.0 Å². The lowest BCUT2D eigenvalue weighted by Gasteiger charge is -2.04. The highest BCUT2D eigenvalue weighted by molar-refractivity contribution is 5.81. The molecule has 2 heteroatoms. The van der Waals surface area contributed by atoms with Crippen LogP contribution in [0.3, 0.4) is 0 Å². The Hall–Kier alpha value is -1.15. The Balaban J connectivity index is 2.00. The molecule has 0 aliphatic carbocycles. The number of hydrogen-bond acceptors (Lipinski definition) is 2. The molecule has 0 spiro atoms. The summed E-state index contributed by atoms with van der Waals surface area (Å²) in [7, 11) is 0. The van der Waals surface area contributed by atoms with Crippen LogP contribution in [0.4, 0.5) is 0 Å². The van der Waals surface area contributed by atoms with Crippen LogP contribution in [0, 0.1) is 0 Å². The first-order valence-electron chi connectivity index (χ1n) is 6.96. The second kappa shape index (κ2) is 9.84. The van der Waals surface area contributed by atoms with Crippen molar-refractivity contribution in [3.05, 3.63) is 35.9 Å². The summed E-state index contributed by atoms with van der Waals surface area (Å²) in [5.74, 6) is 0.162. The number of hydrogen-bond donors (Lipinski definition) is 0. The van der Waals surface area contributed by atoms with Crippen LogP contribution in [0.5, 0.6) is 0 Å². The largest absolute Gasteiger partial charge is 0.374 e. The van der Waals surface area contributed by atoms with Crippen molar-refractivity contribution in [1.82, 2.24) is 0 Å². The molecule has 1 rings (SSSR count). The van der Waals surface area contributed by atoms with Crippen LogP contribution in [0.2, 0.25) is 0 Å². The van der Waals surface area contributed by atoms with E-state index in [1.807, 2.05) is 30.3 Å². The summed E-state index contributed by atoms with van der Waals surface area (Å²) in [6, 6.07) is 9.82. The summed E-state index contributed by atoms with van der Waals surface area (Å²) in [6.07, 6.45) is 6.59. The molecular formula is C16H24O2. The number of carbonyl (C=O) groups excluding carboxylic acids is 1. The van der Waals surface area contributed by atoms with E-state index in [0.29, 0.717) is 13.0 Å². The molecule has 0 aliphatic heterocycles. The van der Waals surface area contributed by atoms with Crippen molar-refractivity contribution in [2.45, 2.75) is 45.4 Å². The van der Waals surface area contributed by atoms with E-state index in [2.05, 4.69) is 6.92 Å². The van der Waals surface area contributed by atoms with Crippen molar-refractivity contribution in [3.8, 4) is 0 Å². The number of rotatable bonds is 10. The van der Waals surface area contributed by atoms with Gasteiger partial charge in [-0.2, -0.15) is 0 Å². The molecule has 0 amide bonds. The number of ketones is 1. The van der Waals surface area contributed by atoms with Gasteiger partial charge in [-0.1, -0.05) is 62.9 Å². The van der Waals surface area contributed by atoms with Crippen molar-refractivity contribution in [1.29, 1.82) is 0 Å². The molecule has 100 valence electrons. The lowest BCUT2D eigenvalue weighted by Crippen LogP contribution is -2.12. The van der Waals surface area contributed by atoms with Gasteiger partial charge in [-0.15, -0.1) is 0 Å². The fraction of sp³-hybridized carbons (Fsp3) is 0.562.